The second-order valence-electron chi connectivity index (χ2n) is 7.00. The maximum absolute atomic E-state index is 12.7. The third-order valence-corrected chi connectivity index (χ3v) is 7.08. The van der Waals surface area contributed by atoms with Crippen LogP contribution in [-0.2, 0) is 21.4 Å². The summed E-state index contributed by atoms with van der Waals surface area (Å²) in [7, 11) is -3.97. The van der Waals surface area contributed by atoms with Crippen LogP contribution in [0.3, 0.4) is 0 Å². The van der Waals surface area contributed by atoms with Gasteiger partial charge >= 0.3 is 0 Å². The number of hydrogen-bond acceptors (Lipinski definition) is 4. The molecule has 1 saturated heterocycles. The lowest BCUT2D eigenvalue weighted by Crippen LogP contribution is -2.53. The van der Waals surface area contributed by atoms with Crippen molar-refractivity contribution in [1.29, 1.82) is 0 Å². The van der Waals surface area contributed by atoms with E-state index in [9.17, 15) is 13.2 Å². The minimum Gasteiger partial charge on any atom is -0.339 e. The first-order valence-electron chi connectivity index (χ1n) is 9.29. The molecule has 1 amide bonds. The minimum absolute atomic E-state index is 0.0519. The second kappa shape index (κ2) is 9.45. The zero-order valence-corrected chi connectivity index (χ0v) is 18.3. The van der Waals surface area contributed by atoms with Gasteiger partial charge in [0.25, 0.3) is 0 Å². The van der Waals surface area contributed by atoms with Gasteiger partial charge in [0.05, 0.1) is 11.1 Å². The van der Waals surface area contributed by atoms with Crippen LogP contribution in [0.5, 0.6) is 0 Å². The lowest BCUT2D eigenvalue weighted by molar-refractivity contribution is -0.134. The van der Waals surface area contributed by atoms with Gasteiger partial charge < -0.3 is 4.90 Å². The van der Waals surface area contributed by atoms with Crippen molar-refractivity contribution in [1.82, 2.24) is 14.5 Å². The van der Waals surface area contributed by atoms with Gasteiger partial charge in [0.1, 0.15) is 4.90 Å². The monoisotopic (exact) mass is 455 g/mol. The molecule has 1 heterocycles. The van der Waals surface area contributed by atoms with E-state index in [0.29, 0.717) is 13.1 Å². The minimum atomic E-state index is -3.97. The molecule has 6 nitrogen and oxygen atoms in total. The summed E-state index contributed by atoms with van der Waals surface area (Å²) in [4.78, 5) is 16.6. The molecule has 0 aliphatic carbocycles. The number of carbonyl (C=O) groups excluding carboxylic acids is 1. The first-order valence-corrected chi connectivity index (χ1v) is 11.5. The zero-order valence-electron chi connectivity index (χ0n) is 16.0. The van der Waals surface area contributed by atoms with Gasteiger partial charge in [0, 0.05) is 37.7 Å². The molecule has 29 heavy (non-hydrogen) atoms. The number of sulfonamides is 1. The van der Waals surface area contributed by atoms with Crippen molar-refractivity contribution in [3.8, 4) is 0 Å². The Labute approximate surface area is 181 Å². The molecule has 0 aromatic heterocycles. The van der Waals surface area contributed by atoms with E-state index in [-0.39, 0.29) is 20.8 Å². The number of halogens is 2. The topological polar surface area (TPSA) is 69.7 Å². The van der Waals surface area contributed by atoms with E-state index in [1.54, 1.807) is 4.90 Å². The van der Waals surface area contributed by atoms with Crippen molar-refractivity contribution in [2.24, 2.45) is 0 Å². The molecule has 0 unspecified atom stereocenters. The van der Waals surface area contributed by atoms with Crippen molar-refractivity contribution < 1.29 is 13.2 Å². The molecule has 2 aromatic rings. The second-order valence-corrected chi connectivity index (χ2v) is 9.53. The first-order chi connectivity index (χ1) is 13.8. The fourth-order valence-electron chi connectivity index (χ4n) is 3.27. The summed E-state index contributed by atoms with van der Waals surface area (Å²) in [5.41, 5.74) is 1.23. The smallest absolute Gasteiger partial charge is 0.242 e. The summed E-state index contributed by atoms with van der Waals surface area (Å²) in [5, 5.41) is 0.305. The molecule has 0 spiro atoms. The highest BCUT2D eigenvalue weighted by atomic mass is 35.5. The fourth-order valence-corrected chi connectivity index (χ4v) is 5.23. The first kappa shape index (κ1) is 22.1. The molecule has 0 bridgehead atoms. The van der Waals surface area contributed by atoms with Gasteiger partial charge in [-0.1, -0.05) is 53.5 Å². The van der Waals surface area contributed by atoms with Crippen LogP contribution in [0.2, 0.25) is 10.0 Å². The number of benzene rings is 2. The normalized spacial score (nSPS) is 16.6. The standard InChI is InChI=1S/C20H23Cl2N3O3S/c1-15(23-29(27,28)19-13-17(21)7-8-18(19)22)20(26)25-11-9-24(10-12-25)14-16-5-3-2-4-6-16/h2-8,13,15,23H,9-12,14H2,1H3/t15-/m1/s1. The van der Waals surface area contributed by atoms with E-state index >= 15 is 0 Å². The van der Waals surface area contributed by atoms with E-state index in [4.69, 9.17) is 23.2 Å². The summed E-state index contributed by atoms with van der Waals surface area (Å²) < 4.78 is 27.7. The van der Waals surface area contributed by atoms with Crippen molar-refractivity contribution >= 4 is 39.1 Å². The summed E-state index contributed by atoms with van der Waals surface area (Å²) in [5.74, 6) is -0.258. The molecule has 1 atom stereocenters. The van der Waals surface area contributed by atoms with Crippen LogP contribution in [0.4, 0.5) is 0 Å². The summed E-state index contributed by atoms with van der Waals surface area (Å²) >= 11 is 11.9. The van der Waals surface area contributed by atoms with E-state index in [1.165, 1.54) is 30.7 Å². The van der Waals surface area contributed by atoms with Crippen LogP contribution >= 0.6 is 23.2 Å². The predicted octanol–water partition coefficient (Wildman–Crippen LogP) is 3.00. The van der Waals surface area contributed by atoms with Gasteiger partial charge in [-0.15, -0.1) is 0 Å². The van der Waals surface area contributed by atoms with Gasteiger partial charge in [-0.25, -0.2) is 8.42 Å². The molecule has 156 valence electrons. The summed E-state index contributed by atoms with van der Waals surface area (Å²) in [6.07, 6.45) is 0. The Morgan fingerprint density at radius 2 is 1.72 bits per heavy atom. The van der Waals surface area contributed by atoms with Gasteiger partial charge in [-0.3, -0.25) is 9.69 Å². The molecule has 9 heteroatoms. The quantitative estimate of drug-likeness (QED) is 0.726. The van der Waals surface area contributed by atoms with Crippen molar-refractivity contribution in [2.75, 3.05) is 26.2 Å². The Morgan fingerprint density at radius 3 is 2.38 bits per heavy atom. The Morgan fingerprint density at radius 1 is 1.07 bits per heavy atom. The lowest BCUT2D eigenvalue weighted by atomic mass is 10.2. The van der Waals surface area contributed by atoms with E-state index in [2.05, 4.69) is 21.8 Å². The largest absolute Gasteiger partial charge is 0.339 e. The SMILES string of the molecule is C[C@@H](NS(=O)(=O)c1cc(Cl)ccc1Cl)C(=O)N1CCN(Cc2ccccc2)CC1. The van der Waals surface area contributed by atoms with Crippen LogP contribution in [0.15, 0.2) is 53.4 Å². The molecule has 2 aromatic carbocycles. The third-order valence-electron chi connectivity index (χ3n) is 4.82. The van der Waals surface area contributed by atoms with Gasteiger partial charge in [0.15, 0.2) is 0 Å². The van der Waals surface area contributed by atoms with Crippen molar-refractivity contribution in [3.05, 3.63) is 64.1 Å². The van der Waals surface area contributed by atoms with Crippen molar-refractivity contribution in [3.63, 3.8) is 0 Å². The van der Waals surface area contributed by atoms with E-state index < -0.39 is 16.1 Å². The van der Waals surface area contributed by atoms with Gasteiger partial charge in [-0.05, 0) is 30.7 Å². The maximum atomic E-state index is 12.7. The number of carbonyl (C=O) groups is 1. The molecule has 0 radical (unpaired) electrons. The van der Waals surface area contributed by atoms with Gasteiger partial charge in [0.2, 0.25) is 15.9 Å². The molecule has 1 fully saturated rings. The number of hydrogen-bond donors (Lipinski definition) is 1. The van der Waals surface area contributed by atoms with Crippen molar-refractivity contribution in [2.45, 2.75) is 24.4 Å². The predicted molar refractivity (Wildman–Crippen MR) is 115 cm³/mol. The highest BCUT2D eigenvalue weighted by Crippen LogP contribution is 2.25. The average Bonchev–Trinajstić information content (AvgIpc) is 2.70. The zero-order chi connectivity index (χ0) is 21.0. The Bertz CT molecular complexity index is 962. The number of nitrogens with zero attached hydrogens (tertiary/aromatic N) is 2. The molecule has 0 saturated carbocycles. The number of amides is 1. The van der Waals surface area contributed by atoms with Crippen LogP contribution in [0.1, 0.15) is 12.5 Å². The molecular weight excluding hydrogens is 433 g/mol. The van der Waals surface area contributed by atoms with Crippen LogP contribution in [0.25, 0.3) is 0 Å². The molecular formula is C20H23Cl2N3O3S. The number of rotatable bonds is 6. The Kier molecular flexibility index (Phi) is 7.19. The van der Waals surface area contributed by atoms with Gasteiger partial charge in [-0.2, -0.15) is 4.72 Å². The Hall–Kier alpha value is -1.64. The lowest BCUT2D eigenvalue weighted by Gasteiger charge is -2.36. The molecule has 3 rings (SSSR count). The fraction of sp³-hybridized carbons (Fsp3) is 0.350. The highest BCUT2D eigenvalue weighted by molar-refractivity contribution is 7.89. The highest BCUT2D eigenvalue weighted by Gasteiger charge is 2.29. The van der Waals surface area contributed by atoms with Crippen LogP contribution in [0, 0.1) is 0 Å². The third kappa shape index (κ3) is 5.71. The van der Waals surface area contributed by atoms with Crippen LogP contribution < -0.4 is 4.72 Å². The average molecular weight is 456 g/mol. The molecule has 1 aliphatic rings. The Balaban J connectivity index is 1.57. The summed E-state index contributed by atoms with van der Waals surface area (Å²) in [6, 6.07) is 13.4. The van der Waals surface area contributed by atoms with E-state index in [1.807, 2.05) is 18.2 Å². The number of piperazine rings is 1. The molecule has 1 N–H and O–H groups in total. The van der Waals surface area contributed by atoms with Crippen LogP contribution in [-0.4, -0.2) is 56.3 Å². The van der Waals surface area contributed by atoms with E-state index in [0.717, 1.165) is 19.6 Å². The summed E-state index contributed by atoms with van der Waals surface area (Å²) in [6.45, 7) is 4.94. The number of nitrogens with one attached hydrogen (secondary N) is 1. The maximum Gasteiger partial charge on any atom is 0.242 e. The molecule has 1 aliphatic heterocycles.